The maximum absolute atomic E-state index is 12.0. The van der Waals surface area contributed by atoms with Gasteiger partial charge in [-0.1, -0.05) is 18.9 Å². The van der Waals surface area contributed by atoms with Crippen molar-refractivity contribution in [3.8, 4) is 0 Å². The smallest absolute Gasteiger partial charge is 0.305 e. The third-order valence-corrected chi connectivity index (χ3v) is 4.03. The van der Waals surface area contributed by atoms with E-state index in [2.05, 4.69) is 10.8 Å². The van der Waals surface area contributed by atoms with Gasteiger partial charge in [-0.3, -0.25) is 9.59 Å². The van der Waals surface area contributed by atoms with Crippen LogP contribution in [-0.2, 0) is 19.1 Å². The topological polar surface area (TPSA) is 52.6 Å². The van der Waals surface area contributed by atoms with Crippen LogP contribution >= 0.6 is 0 Å². The Morgan fingerprint density at radius 1 is 1.33 bits per heavy atom. The number of hydrogen-bond acceptors (Lipinski definition) is 4. The van der Waals surface area contributed by atoms with Crippen LogP contribution in [0.25, 0.3) is 0 Å². The van der Waals surface area contributed by atoms with Crippen LogP contribution in [-0.4, -0.2) is 31.6 Å². The lowest BCUT2D eigenvalue weighted by atomic mass is 10.0. The molecule has 0 saturated carbocycles. The largest absolute Gasteiger partial charge is 0.469 e. The molecule has 0 heterocycles. The van der Waals surface area contributed by atoms with Crippen LogP contribution in [0.15, 0.2) is 11.6 Å². The molecule has 0 N–H and O–H groups in total. The van der Waals surface area contributed by atoms with Crippen molar-refractivity contribution in [1.82, 2.24) is 0 Å². The van der Waals surface area contributed by atoms with Crippen LogP contribution in [0.1, 0.15) is 58.8 Å². The lowest BCUT2D eigenvalue weighted by Crippen LogP contribution is -2.18. The van der Waals surface area contributed by atoms with E-state index in [1.807, 2.05) is 13.8 Å². The van der Waals surface area contributed by atoms with E-state index in [1.54, 1.807) is 0 Å². The van der Waals surface area contributed by atoms with Crippen molar-refractivity contribution >= 4 is 11.8 Å². The zero-order valence-corrected chi connectivity index (χ0v) is 13.5. The van der Waals surface area contributed by atoms with Crippen LogP contribution in [0.2, 0.25) is 0 Å². The van der Waals surface area contributed by atoms with Crippen LogP contribution in [0.4, 0.5) is 0 Å². The van der Waals surface area contributed by atoms with Gasteiger partial charge in [-0.2, -0.15) is 0 Å². The average molecular weight is 296 g/mol. The fourth-order valence-corrected chi connectivity index (χ4v) is 2.71. The molecule has 120 valence electrons. The highest BCUT2D eigenvalue weighted by molar-refractivity contribution is 5.98. The highest BCUT2D eigenvalue weighted by Gasteiger charge is 2.27. The minimum Gasteiger partial charge on any atom is -0.469 e. The van der Waals surface area contributed by atoms with Gasteiger partial charge in [0.05, 0.1) is 13.2 Å². The first-order valence-electron chi connectivity index (χ1n) is 8.00. The molecule has 0 fully saturated rings. The van der Waals surface area contributed by atoms with Crippen molar-refractivity contribution in [1.29, 1.82) is 0 Å². The van der Waals surface area contributed by atoms with E-state index in [9.17, 15) is 9.59 Å². The van der Waals surface area contributed by atoms with E-state index in [0.29, 0.717) is 19.4 Å². The third kappa shape index (κ3) is 6.42. The van der Waals surface area contributed by atoms with Gasteiger partial charge in [-0.25, -0.2) is 0 Å². The fraction of sp³-hybridized carbons (Fsp3) is 0.765. The van der Waals surface area contributed by atoms with Crippen molar-refractivity contribution in [3.63, 3.8) is 0 Å². The summed E-state index contributed by atoms with van der Waals surface area (Å²) in [6.45, 7) is 4.70. The molecule has 0 saturated heterocycles. The summed E-state index contributed by atoms with van der Waals surface area (Å²) in [6, 6.07) is 0. The Morgan fingerprint density at radius 3 is 2.71 bits per heavy atom. The monoisotopic (exact) mass is 296 g/mol. The van der Waals surface area contributed by atoms with Gasteiger partial charge in [-0.15, -0.1) is 0 Å². The quantitative estimate of drug-likeness (QED) is 0.458. The lowest BCUT2D eigenvalue weighted by molar-refractivity contribution is -0.140. The fourth-order valence-electron chi connectivity index (χ4n) is 2.71. The SMILES string of the molecule is CCOC(C)C1C=C(CCCCCCC(=O)OC)C(=O)C1. The number of carbonyl (C=O) groups excluding carboxylic acids is 2. The second-order valence-corrected chi connectivity index (χ2v) is 5.63. The van der Waals surface area contributed by atoms with E-state index < -0.39 is 0 Å². The Kier molecular flexibility index (Phi) is 8.28. The minimum atomic E-state index is -0.142. The summed E-state index contributed by atoms with van der Waals surface area (Å²) in [5.41, 5.74) is 0.972. The van der Waals surface area contributed by atoms with Gasteiger partial charge >= 0.3 is 5.97 Å². The van der Waals surface area contributed by atoms with E-state index >= 15 is 0 Å². The summed E-state index contributed by atoms with van der Waals surface area (Å²) in [4.78, 5) is 22.9. The number of methoxy groups -OCH3 is 1. The maximum atomic E-state index is 12.0. The van der Waals surface area contributed by atoms with Crippen LogP contribution in [0, 0.1) is 5.92 Å². The second kappa shape index (κ2) is 9.72. The van der Waals surface area contributed by atoms with Crippen LogP contribution in [0.5, 0.6) is 0 Å². The molecular weight excluding hydrogens is 268 g/mol. The first-order valence-corrected chi connectivity index (χ1v) is 8.00. The number of ether oxygens (including phenoxy) is 2. The molecule has 4 nitrogen and oxygen atoms in total. The van der Waals surface area contributed by atoms with E-state index in [1.165, 1.54) is 7.11 Å². The van der Waals surface area contributed by atoms with Crippen molar-refractivity contribution in [2.45, 2.75) is 64.9 Å². The summed E-state index contributed by atoms with van der Waals surface area (Å²) in [5, 5.41) is 0. The van der Waals surface area contributed by atoms with E-state index in [0.717, 1.165) is 37.7 Å². The van der Waals surface area contributed by atoms with E-state index in [4.69, 9.17) is 4.74 Å². The number of esters is 1. The zero-order valence-electron chi connectivity index (χ0n) is 13.5. The van der Waals surface area contributed by atoms with Crippen molar-refractivity contribution < 1.29 is 19.1 Å². The predicted molar refractivity (Wildman–Crippen MR) is 82.0 cm³/mol. The highest BCUT2D eigenvalue weighted by Crippen LogP contribution is 2.28. The molecule has 0 bridgehead atoms. The van der Waals surface area contributed by atoms with Gasteiger partial charge in [0.15, 0.2) is 5.78 Å². The molecule has 0 radical (unpaired) electrons. The van der Waals surface area contributed by atoms with Gasteiger partial charge in [0, 0.05) is 25.4 Å². The minimum absolute atomic E-state index is 0.122. The molecule has 0 aromatic carbocycles. The van der Waals surface area contributed by atoms with Gasteiger partial charge in [0.2, 0.25) is 0 Å². The van der Waals surface area contributed by atoms with Gasteiger partial charge in [0.25, 0.3) is 0 Å². The standard InChI is InChI=1S/C17H28O4/c1-4-21-13(2)15-11-14(16(18)12-15)9-7-5-6-8-10-17(19)20-3/h11,13,15H,4-10,12H2,1-3H3. The second-order valence-electron chi connectivity index (χ2n) is 5.63. The molecule has 0 aromatic rings. The number of Topliss-reactive ketones (excluding diaryl/α,β-unsaturated/α-hetero) is 1. The normalized spacial score (nSPS) is 19.5. The van der Waals surface area contributed by atoms with E-state index in [-0.39, 0.29) is 23.8 Å². The van der Waals surface area contributed by atoms with Crippen molar-refractivity contribution in [2.75, 3.05) is 13.7 Å². The highest BCUT2D eigenvalue weighted by atomic mass is 16.5. The van der Waals surface area contributed by atoms with Gasteiger partial charge in [-0.05, 0) is 38.7 Å². The Balaban J connectivity index is 2.20. The number of rotatable bonds is 10. The van der Waals surface area contributed by atoms with Crippen molar-refractivity contribution in [2.24, 2.45) is 5.92 Å². The summed E-state index contributed by atoms with van der Waals surface area (Å²) >= 11 is 0. The molecule has 0 aliphatic heterocycles. The molecule has 21 heavy (non-hydrogen) atoms. The molecule has 2 atom stereocenters. The number of ketones is 1. The Bertz CT molecular complexity index is 373. The van der Waals surface area contributed by atoms with Crippen LogP contribution < -0.4 is 0 Å². The summed E-state index contributed by atoms with van der Waals surface area (Å²) in [6.07, 6.45) is 8.10. The summed E-state index contributed by atoms with van der Waals surface area (Å²) in [5.74, 6) is 0.379. The van der Waals surface area contributed by atoms with Crippen LogP contribution in [0.3, 0.4) is 0 Å². The maximum Gasteiger partial charge on any atom is 0.305 e. The number of allylic oxidation sites excluding steroid dienone is 1. The number of carbonyl (C=O) groups is 2. The lowest BCUT2D eigenvalue weighted by Gasteiger charge is -2.16. The Labute approximate surface area is 127 Å². The molecule has 1 rings (SSSR count). The first kappa shape index (κ1) is 17.9. The molecule has 1 aliphatic carbocycles. The number of hydrogen-bond donors (Lipinski definition) is 0. The molecular formula is C17H28O4. The molecule has 2 unspecified atom stereocenters. The number of unbranched alkanes of at least 4 members (excludes halogenated alkanes) is 3. The zero-order chi connectivity index (χ0) is 15.7. The first-order chi connectivity index (χ1) is 10.1. The third-order valence-electron chi connectivity index (χ3n) is 4.03. The molecule has 1 aliphatic rings. The predicted octanol–water partition coefficient (Wildman–Crippen LogP) is 3.44. The summed E-state index contributed by atoms with van der Waals surface area (Å²) < 4.78 is 10.2. The molecule has 0 spiro atoms. The van der Waals surface area contributed by atoms with Gasteiger partial charge in [0.1, 0.15) is 0 Å². The Hall–Kier alpha value is -1.16. The molecule has 0 aromatic heterocycles. The van der Waals surface area contributed by atoms with Gasteiger partial charge < -0.3 is 9.47 Å². The molecule has 4 heteroatoms. The van der Waals surface area contributed by atoms with Crippen molar-refractivity contribution in [3.05, 3.63) is 11.6 Å². The average Bonchev–Trinajstić information content (AvgIpc) is 2.84. The summed E-state index contributed by atoms with van der Waals surface area (Å²) in [7, 11) is 1.42. The molecule has 0 amide bonds. The Morgan fingerprint density at radius 2 is 2.05 bits per heavy atom.